The Hall–Kier alpha value is -1.50. The van der Waals surface area contributed by atoms with E-state index in [1.807, 2.05) is 20.8 Å². The van der Waals surface area contributed by atoms with Crippen LogP contribution in [0.2, 0.25) is 0 Å². The highest BCUT2D eigenvalue weighted by Crippen LogP contribution is 2.34. The maximum atomic E-state index is 12.9. The molecule has 1 aromatic heterocycles. The predicted molar refractivity (Wildman–Crippen MR) is 79.5 cm³/mol. The normalized spacial score (nSPS) is 22.0. The van der Waals surface area contributed by atoms with Crippen LogP contribution >= 0.6 is 11.8 Å². The van der Waals surface area contributed by atoms with E-state index in [-0.39, 0.29) is 17.2 Å². The van der Waals surface area contributed by atoms with Crippen molar-refractivity contribution in [3.8, 4) is 0 Å². The van der Waals surface area contributed by atoms with Crippen LogP contribution in [0.3, 0.4) is 0 Å². The van der Waals surface area contributed by atoms with Crippen LogP contribution in [0.4, 0.5) is 0 Å². The molecule has 1 aliphatic heterocycles. The number of thioether (sulfide) groups is 1. The van der Waals surface area contributed by atoms with Gasteiger partial charge in [0.25, 0.3) is 5.91 Å². The number of carboxylic acid groups (broad SMARTS) is 1. The number of nitrogens with zero attached hydrogens (tertiary/aromatic N) is 2. The molecule has 0 aliphatic carbocycles. The first kappa shape index (κ1) is 15.9. The van der Waals surface area contributed by atoms with Crippen LogP contribution in [-0.2, 0) is 4.79 Å². The van der Waals surface area contributed by atoms with Gasteiger partial charge in [0, 0.05) is 11.7 Å². The van der Waals surface area contributed by atoms with Crippen LogP contribution in [0.15, 0.2) is 4.52 Å². The Bertz CT molecular complexity index is 555. The molecule has 0 bridgehead atoms. The lowest BCUT2D eigenvalue weighted by molar-refractivity contribution is -0.141. The maximum absolute atomic E-state index is 12.9. The zero-order valence-electron chi connectivity index (χ0n) is 12.6. The van der Waals surface area contributed by atoms with E-state index in [2.05, 4.69) is 5.16 Å². The number of carboxylic acids is 1. The summed E-state index contributed by atoms with van der Waals surface area (Å²) in [7, 11) is 0. The molecule has 116 valence electrons. The molecule has 0 saturated carbocycles. The average Bonchev–Trinajstić information content (AvgIpc) is 3.00. The number of hydrogen-bond donors (Lipinski definition) is 1. The van der Waals surface area contributed by atoms with Crippen molar-refractivity contribution in [3.63, 3.8) is 0 Å². The first-order valence-electron chi connectivity index (χ1n) is 7.01. The number of aryl methyl sites for hydroxylation is 1. The second-order valence-corrected chi connectivity index (χ2v) is 6.64. The van der Waals surface area contributed by atoms with Gasteiger partial charge in [0.05, 0.1) is 11.1 Å². The van der Waals surface area contributed by atoms with Crippen LogP contribution in [0, 0.1) is 6.92 Å². The lowest BCUT2D eigenvalue weighted by Crippen LogP contribution is -2.45. The summed E-state index contributed by atoms with van der Waals surface area (Å²) in [6.45, 7) is 7.50. The number of amides is 1. The summed E-state index contributed by atoms with van der Waals surface area (Å²) in [6.07, 6.45) is 0.710. The van der Waals surface area contributed by atoms with Crippen molar-refractivity contribution in [2.24, 2.45) is 0 Å². The Balaban J connectivity index is 2.41. The summed E-state index contributed by atoms with van der Waals surface area (Å²) in [5, 5.41) is 13.1. The fraction of sp³-hybridized carbons (Fsp3) is 0.643. The molecule has 0 spiro atoms. The third-order valence-electron chi connectivity index (χ3n) is 3.59. The number of aromatic nitrogens is 1. The van der Waals surface area contributed by atoms with E-state index >= 15 is 0 Å². The molecule has 7 heteroatoms. The standard InChI is InChI=1S/C14H20N2O4S/c1-5-10-16(9(6-21-10)14(18)19)13(17)11-8(4)15-20-12(11)7(2)3/h7,9-10H,5-6H2,1-4H3,(H,18,19). The molecule has 1 aromatic rings. The average molecular weight is 312 g/mol. The van der Waals surface area contributed by atoms with E-state index in [4.69, 9.17) is 4.52 Å². The van der Waals surface area contributed by atoms with Crippen molar-refractivity contribution in [2.45, 2.75) is 51.4 Å². The molecule has 1 fully saturated rings. The van der Waals surface area contributed by atoms with E-state index < -0.39 is 12.0 Å². The highest BCUT2D eigenvalue weighted by Gasteiger charge is 2.43. The third-order valence-corrected chi connectivity index (χ3v) is 5.04. The number of carbonyl (C=O) groups is 2. The van der Waals surface area contributed by atoms with Crippen molar-refractivity contribution in [3.05, 3.63) is 17.0 Å². The first-order valence-corrected chi connectivity index (χ1v) is 8.06. The summed E-state index contributed by atoms with van der Waals surface area (Å²) in [5.41, 5.74) is 0.928. The van der Waals surface area contributed by atoms with Crippen molar-refractivity contribution >= 4 is 23.6 Å². The van der Waals surface area contributed by atoms with Gasteiger partial charge in [-0.15, -0.1) is 11.8 Å². The maximum Gasteiger partial charge on any atom is 0.327 e. The van der Waals surface area contributed by atoms with Crippen molar-refractivity contribution in [2.75, 3.05) is 5.75 Å². The first-order chi connectivity index (χ1) is 9.88. The predicted octanol–water partition coefficient (Wildman–Crippen LogP) is 2.48. The Morgan fingerprint density at radius 2 is 2.19 bits per heavy atom. The third kappa shape index (κ3) is 2.79. The van der Waals surface area contributed by atoms with Crippen LogP contribution < -0.4 is 0 Å². The van der Waals surface area contributed by atoms with E-state index in [9.17, 15) is 14.7 Å². The van der Waals surface area contributed by atoms with Gasteiger partial charge in [-0.1, -0.05) is 25.9 Å². The number of carbonyl (C=O) groups excluding carboxylic acids is 1. The molecule has 0 radical (unpaired) electrons. The highest BCUT2D eigenvalue weighted by atomic mass is 32.2. The lowest BCUT2D eigenvalue weighted by Gasteiger charge is -2.26. The summed E-state index contributed by atoms with van der Waals surface area (Å²) >= 11 is 1.51. The fourth-order valence-electron chi connectivity index (χ4n) is 2.51. The summed E-state index contributed by atoms with van der Waals surface area (Å²) < 4.78 is 5.25. The molecule has 1 amide bonds. The molecule has 1 aliphatic rings. The topological polar surface area (TPSA) is 83.6 Å². The zero-order chi connectivity index (χ0) is 15.7. The Kier molecular flexibility index (Phi) is 4.61. The second kappa shape index (κ2) is 6.09. The Labute approximate surface area is 127 Å². The number of hydrogen-bond acceptors (Lipinski definition) is 5. The van der Waals surface area contributed by atoms with Gasteiger partial charge < -0.3 is 14.5 Å². The highest BCUT2D eigenvalue weighted by molar-refractivity contribution is 8.00. The molecular formula is C14H20N2O4S. The minimum Gasteiger partial charge on any atom is -0.480 e. The molecule has 1 N–H and O–H groups in total. The van der Waals surface area contributed by atoms with Crippen LogP contribution in [0.25, 0.3) is 0 Å². The van der Waals surface area contributed by atoms with Crippen molar-refractivity contribution < 1.29 is 19.2 Å². The molecule has 1 saturated heterocycles. The molecule has 2 atom stereocenters. The fourth-order valence-corrected chi connectivity index (χ4v) is 3.86. The minimum absolute atomic E-state index is 0.0174. The SMILES string of the molecule is CCC1SCC(C(=O)O)N1C(=O)c1c(C)noc1C(C)C. The van der Waals surface area contributed by atoms with Gasteiger partial charge >= 0.3 is 5.97 Å². The molecule has 21 heavy (non-hydrogen) atoms. The minimum atomic E-state index is -0.966. The van der Waals surface area contributed by atoms with Gasteiger partial charge in [0.1, 0.15) is 11.6 Å². The lowest BCUT2D eigenvalue weighted by atomic mass is 10.0. The summed E-state index contributed by atoms with van der Waals surface area (Å²) in [6, 6.07) is -0.790. The van der Waals surface area contributed by atoms with Crippen LogP contribution in [0.5, 0.6) is 0 Å². The van der Waals surface area contributed by atoms with E-state index in [0.29, 0.717) is 29.2 Å². The van der Waals surface area contributed by atoms with Crippen LogP contribution in [-0.4, -0.2) is 44.2 Å². The number of aliphatic carboxylic acids is 1. The molecule has 0 aromatic carbocycles. The summed E-state index contributed by atoms with van der Waals surface area (Å²) in [5.74, 6) is -0.299. The van der Waals surface area contributed by atoms with Crippen molar-refractivity contribution in [1.82, 2.24) is 10.1 Å². The van der Waals surface area contributed by atoms with Crippen molar-refractivity contribution in [1.29, 1.82) is 0 Å². The van der Waals surface area contributed by atoms with Gasteiger partial charge in [-0.25, -0.2) is 4.79 Å². The molecule has 2 unspecified atom stereocenters. The monoisotopic (exact) mass is 312 g/mol. The quantitative estimate of drug-likeness (QED) is 0.919. The van der Waals surface area contributed by atoms with Gasteiger partial charge in [-0.3, -0.25) is 4.79 Å². The van der Waals surface area contributed by atoms with Gasteiger partial charge in [0.15, 0.2) is 5.76 Å². The molecule has 6 nitrogen and oxygen atoms in total. The zero-order valence-corrected chi connectivity index (χ0v) is 13.4. The molecule has 2 rings (SSSR count). The molecular weight excluding hydrogens is 292 g/mol. The number of rotatable bonds is 4. The van der Waals surface area contributed by atoms with Gasteiger partial charge in [-0.05, 0) is 13.3 Å². The van der Waals surface area contributed by atoms with Gasteiger partial charge in [0.2, 0.25) is 0 Å². The van der Waals surface area contributed by atoms with E-state index in [1.165, 1.54) is 16.7 Å². The van der Waals surface area contributed by atoms with E-state index in [0.717, 1.165) is 0 Å². The Morgan fingerprint density at radius 1 is 1.52 bits per heavy atom. The smallest absolute Gasteiger partial charge is 0.327 e. The molecule has 2 heterocycles. The summed E-state index contributed by atoms with van der Waals surface area (Å²) in [4.78, 5) is 25.8. The van der Waals surface area contributed by atoms with Gasteiger partial charge in [-0.2, -0.15) is 0 Å². The van der Waals surface area contributed by atoms with Crippen LogP contribution in [0.1, 0.15) is 54.9 Å². The second-order valence-electron chi connectivity index (χ2n) is 5.42. The van der Waals surface area contributed by atoms with E-state index in [1.54, 1.807) is 6.92 Å². The Morgan fingerprint density at radius 3 is 2.71 bits per heavy atom. The largest absolute Gasteiger partial charge is 0.480 e.